The lowest BCUT2D eigenvalue weighted by atomic mass is 10.0. The van der Waals surface area contributed by atoms with Crippen LogP contribution in [0.4, 0.5) is 5.82 Å². The molecule has 0 bridgehead atoms. The van der Waals surface area contributed by atoms with Crippen molar-refractivity contribution in [1.29, 1.82) is 0 Å². The van der Waals surface area contributed by atoms with Crippen molar-refractivity contribution >= 4 is 16.7 Å². The maximum Gasteiger partial charge on any atom is 0.124 e. The van der Waals surface area contributed by atoms with Crippen molar-refractivity contribution in [2.24, 2.45) is 0 Å². The normalized spacial score (nSPS) is 10.7. The molecule has 0 aliphatic rings. The van der Waals surface area contributed by atoms with E-state index in [0.29, 0.717) is 5.82 Å². The van der Waals surface area contributed by atoms with Crippen LogP contribution in [0.2, 0.25) is 0 Å². The second-order valence-electron chi connectivity index (χ2n) is 4.43. The Hall–Kier alpha value is -2.35. The first kappa shape index (κ1) is 10.8. The number of rotatable bonds is 2. The molecule has 1 aromatic heterocycles. The summed E-state index contributed by atoms with van der Waals surface area (Å²) < 4.78 is 0. The van der Waals surface area contributed by atoms with Crippen molar-refractivity contribution in [2.75, 3.05) is 5.73 Å². The molecule has 0 radical (unpaired) electrons. The Morgan fingerprint density at radius 2 is 1.67 bits per heavy atom. The van der Waals surface area contributed by atoms with Crippen LogP contribution in [0.1, 0.15) is 11.1 Å². The third kappa shape index (κ3) is 2.18. The number of pyridine rings is 1. The van der Waals surface area contributed by atoms with Gasteiger partial charge in [0.2, 0.25) is 0 Å². The van der Waals surface area contributed by atoms with Crippen LogP contribution in [-0.4, -0.2) is 4.98 Å². The minimum Gasteiger partial charge on any atom is -0.384 e. The predicted molar refractivity (Wildman–Crippen MR) is 75.4 cm³/mol. The summed E-state index contributed by atoms with van der Waals surface area (Å²) in [6.07, 6.45) is 0.946. The van der Waals surface area contributed by atoms with E-state index in [0.717, 1.165) is 17.3 Å². The van der Waals surface area contributed by atoms with Gasteiger partial charge in [-0.05, 0) is 41.8 Å². The number of hydrogen-bond acceptors (Lipinski definition) is 2. The van der Waals surface area contributed by atoms with Gasteiger partial charge in [-0.3, -0.25) is 0 Å². The molecule has 2 nitrogen and oxygen atoms in total. The molecule has 0 atom stereocenters. The van der Waals surface area contributed by atoms with Crippen LogP contribution < -0.4 is 5.73 Å². The summed E-state index contributed by atoms with van der Waals surface area (Å²) >= 11 is 0. The van der Waals surface area contributed by atoms with Crippen LogP contribution in [0.5, 0.6) is 0 Å². The number of anilines is 1. The van der Waals surface area contributed by atoms with Gasteiger partial charge >= 0.3 is 0 Å². The number of aromatic nitrogens is 1. The number of nitrogens with two attached hydrogens (primary N) is 1. The van der Waals surface area contributed by atoms with Gasteiger partial charge in [0.05, 0.1) is 5.52 Å². The van der Waals surface area contributed by atoms with Crippen LogP contribution in [-0.2, 0) is 6.42 Å². The lowest BCUT2D eigenvalue weighted by Crippen LogP contribution is -1.91. The second-order valence-corrected chi connectivity index (χ2v) is 4.43. The van der Waals surface area contributed by atoms with Gasteiger partial charge in [0.15, 0.2) is 0 Å². The minimum absolute atomic E-state index is 0.568. The lowest BCUT2D eigenvalue weighted by molar-refractivity contribution is 1.20. The first-order valence-electron chi connectivity index (χ1n) is 6.00. The Kier molecular flexibility index (Phi) is 2.69. The fraction of sp³-hybridized carbons (Fsp3) is 0.0625. The molecule has 0 saturated carbocycles. The van der Waals surface area contributed by atoms with Crippen molar-refractivity contribution in [3.8, 4) is 0 Å². The molecule has 18 heavy (non-hydrogen) atoms. The summed E-state index contributed by atoms with van der Waals surface area (Å²) in [5, 5.41) is 1.14. The molecule has 88 valence electrons. The number of nitrogens with zero attached hydrogens (tertiary/aromatic N) is 1. The van der Waals surface area contributed by atoms with E-state index in [9.17, 15) is 0 Å². The summed E-state index contributed by atoms with van der Waals surface area (Å²) in [7, 11) is 0. The Morgan fingerprint density at radius 3 is 2.50 bits per heavy atom. The topological polar surface area (TPSA) is 38.9 Å². The molecule has 2 heteroatoms. The van der Waals surface area contributed by atoms with Crippen molar-refractivity contribution in [1.82, 2.24) is 4.98 Å². The maximum atomic E-state index is 5.67. The third-order valence-corrected chi connectivity index (χ3v) is 3.03. The number of nitrogen functional groups attached to an aromatic ring is 1. The monoisotopic (exact) mass is 234 g/mol. The van der Waals surface area contributed by atoms with E-state index >= 15 is 0 Å². The smallest absolute Gasteiger partial charge is 0.124 e. The van der Waals surface area contributed by atoms with Crippen LogP contribution in [0.3, 0.4) is 0 Å². The summed E-state index contributed by atoms with van der Waals surface area (Å²) in [5.74, 6) is 0.568. The van der Waals surface area contributed by atoms with Crippen LogP contribution in [0, 0.1) is 0 Å². The van der Waals surface area contributed by atoms with Crippen molar-refractivity contribution in [2.45, 2.75) is 6.42 Å². The van der Waals surface area contributed by atoms with E-state index in [-0.39, 0.29) is 0 Å². The van der Waals surface area contributed by atoms with Crippen LogP contribution in [0.15, 0.2) is 60.7 Å². The predicted octanol–water partition coefficient (Wildman–Crippen LogP) is 3.41. The van der Waals surface area contributed by atoms with Gasteiger partial charge in [0.1, 0.15) is 5.82 Å². The highest BCUT2D eigenvalue weighted by Gasteiger charge is 1.99. The molecule has 0 saturated heterocycles. The van der Waals surface area contributed by atoms with Gasteiger partial charge in [-0.2, -0.15) is 0 Å². The number of fused-ring (bicyclic) bond motifs is 1. The molecule has 0 aliphatic carbocycles. The summed E-state index contributed by atoms with van der Waals surface area (Å²) in [4.78, 5) is 4.30. The summed E-state index contributed by atoms with van der Waals surface area (Å²) in [6.45, 7) is 0. The first-order valence-corrected chi connectivity index (χ1v) is 6.00. The number of benzene rings is 2. The molecule has 2 aromatic carbocycles. The SMILES string of the molecule is Nc1ccc2cc(Cc3ccccc3)ccc2n1. The molecule has 0 unspecified atom stereocenters. The zero-order valence-electron chi connectivity index (χ0n) is 10.0. The quantitative estimate of drug-likeness (QED) is 0.738. The zero-order chi connectivity index (χ0) is 12.4. The van der Waals surface area contributed by atoms with E-state index in [2.05, 4.69) is 41.4 Å². The highest BCUT2D eigenvalue weighted by molar-refractivity contribution is 5.80. The molecule has 3 aromatic rings. The van der Waals surface area contributed by atoms with Crippen molar-refractivity contribution < 1.29 is 0 Å². The van der Waals surface area contributed by atoms with Gasteiger partial charge in [0, 0.05) is 5.39 Å². The van der Waals surface area contributed by atoms with E-state index in [1.54, 1.807) is 0 Å². The Bertz CT molecular complexity index is 675. The molecule has 0 spiro atoms. The summed E-state index contributed by atoms with van der Waals surface area (Å²) in [5.41, 5.74) is 9.24. The Balaban J connectivity index is 1.96. The van der Waals surface area contributed by atoms with Crippen molar-refractivity contribution in [3.63, 3.8) is 0 Å². The molecule has 0 amide bonds. The molecular formula is C16H14N2. The van der Waals surface area contributed by atoms with Gasteiger partial charge < -0.3 is 5.73 Å². The van der Waals surface area contributed by atoms with Crippen LogP contribution in [0.25, 0.3) is 10.9 Å². The summed E-state index contributed by atoms with van der Waals surface area (Å²) in [6, 6.07) is 20.6. The highest BCUT2D eigenvalue weighted by Crippen LogP contribution is 2.18. The maximum absolute atomic E-state index is 5.67. The number of hydrogen-bond donors (Lipinski definition) is 1. The Morgan fingerprint density at radius 1 is 0.833 bits per heavy atom. The van der Waals surface area contributed by atoms with Gasteiger partial charge in [-0.15, -0.1) is 0 Å². The highest BCUT2D eigenvalue weighted by atomic mass is 14.8. The Labute approximate surface area is 106 Å². The molecule has 1 heterocycles. The second kappa shape index (κ2) is 4.49. The van der Waals surface area contributed by atoms with E-state index in [4.69, 9.17) is 5.73 Å². The largest absolute Gasteiger partial charge is 0.384 e. The molecule has 3 rings (SSSR count). The van der Waals surface area contributed by atoms with Gasteiger partial charge in [0.25, 0.3) is 0 Å². The molecule has 0 aliphatic heterocycles. The van der Waals surface area contributed by atoms with Crippen molar-refractivity contribution in [3.05, 3.63) is 71.8 Å². The molecule has 0 fully saturated rings. The molecule has 2 N–H and O–H groups in total. The fourth-order valence-corrected chi connectivity index (χ4v) is 2.13. The van der Waals surface area contributed by atoms with E-state index in [1.807, 2.05) is 24.3 Å². The fourth-order valence-electron chi connectivity index (χ4n) is 2.13. The minimum atomic E-state index is 0.568. The standard InChI is InChI=1S/C16H14N2/c17-16-9-7-14-11-13(6-8-15(14)18-16)10-12-4-2-1-3-5-12/h1-9,11H,10H2,(H2,17,18). The van der Waals surface area contributed by atoms with Gasteiger partial charge in [-0.1, -0.05) is 36.4 Å². The average molecular weight is 234 g/mol. The van der Waals surface area contributed by atoms with E-state index < -0.39 is 0 Å². The third-order valence-electron chi connectivity index (χ3n) is 3.03. The zero-order valence-corrected chi connectivity index (χ0v) is 10.0. The van der Waals surface area contributed by atoms with Gasteiger partial charge in [-0.25, -0.2) is 4.98 Å². The van der Waals surface area contributed by atoms with Crippen LogP contribution >= 0.6 is 0 Å². The van der Waals surface area contributed by atoms with E-state index in [1.165, 1.54) is 11.1 Å². The average Bonchev–Trinajstić information content (AvgIpc) is 2.40. The lowest BCUT2D eigenvalue weighted by Gasteiger charge is -2.04. The first-order chi connectivity index (χ1) is 8.81. The molecular weight excluding hydrogens is 220 g/mol.